The van der Waals surface area contributed by atoms with Crippen LogP contribution in [0.2, 0.25) is 0 Å². The van der Waals surface area contributed by atoms with Crippen LogP contribution in [-0.4, -0.2) is 22.0 Å². The molecule has 0 spiro atoms. The number of rotatable bonds is 15. The second kappa shape index (κ2) is 16.3. The van der Waals surface area contributed by atoms with Crippen molar-refractivity contribution in [2.24, 2.45) is 0 Å². The Hall–Kier alpha value is -2.29. The monoisotopic (exact) mass is 459 g/mol. The van der Waals surface area contributed by atoms with Crippen LogP contribution in [0.15, 0.2) is 15.8 Å². The average Bonchev–Trinajstić information content (AvgIpc) is 2.74. The fourth-order valence-corrected chi connectivity index (χ4v) is 3.73. The maximum Gasteiger partial charge on any atom is 0.328 e. The molecule has 0 radical (unpaired) electrons. The number of carbonyl (C=O) groups excluding carboxylic acids is 1. The van der Waals surface area contributed by atoms with Crippen molar-refractivity contribution in [2.75, 3.05) is 6.54 Å². The Bertz CT molecular complexity index is 866. The number of hydrogen-bond acceptors (Lipinski definition) is 3. The zero-order chi connectivity index (χ0) is 24.5. The van der Waals surface area contributed by atoms with Gasteiger partial charge in [0.25, 0.3) is 5.56 Å². The summed E-state index contributed by atoms with van der Waals surface area (Å²) in [6, 6.07) is 0. The van der Waals surface area contributed by atoms with E-state index in [-0.39, 0.29) is 18.0 Å². The van der Waals surface area contributed by atoms with Gasteiger partial charge < -0.3 is 5.32 Å². The van der Waals surface area contributed by atoms with Crippen molar-refractivity contribution in [3.05, 3.63) is 32.6 Å². The fourth-order valence-electron chi connectivity index (χ4n) is 3.73. The normalized spacial score (nSPS) is 11.2. The summed E-state index contributed by atoms with van der Waals surface area (Å²) in [5.41, 5.74) is -1.20. The first-order chi connectivity index (χ1) is 15.8. The molecule has 1 aromatic rings. The highest BCUT2D eigenvalue weighted by Crippen LogP contribution is 2.13. The van der Waals surface area contributed by atoms with Crippen molar-refractivity contribution in [2.45, 2.75) is 123 Å². The first kappa shape index (κ1) is 28.7. The zero-order valence-electron chi connectivity index (χ0n) is 21.4. The highest BCUT2D eigenvalue weighted by atomic mass is 16.2. The third-order valence-electron chi connectivity index (χ3n) is 5.77. The van der Waals surface area contributed by atoms with Crippen LogP contribution in [0.3, 0.4) is 0 Å². The summed E-state index contributed by atoms with van der Waals surface area (Å²) in [6.45, 7) is 8.07. The number of H-pyrrole nitrogens is 1. The van der Waals surface area contributed by atoms with Crippen LogP contribution in [0.25, 0.3) is 0 Å². The van der Waals surface area contributed by atoms with Gasteiger partial charge in [-0.25, -0.2) is 4.79 Å². The minimum absolute atomic E-state index is 0.0130. The number of nitrogens with one attached hydrogen (secondary N) is 2. The van der Waals surface area contributed by atoms with E-state index in [1.165, 1.54) is 81.4 Å². The molecule has 0 saturated carbocycles. The van der Waals surface area contributed by atoms with E-state index in [0.717, 1.165) is 12.8 Å². The third-order valence-corrected chi connectivity index (χ3v) is 5.77. The van der Waals surface area contributed by atoms with Crippen LogP contribution >= 0.6 is 0 Å². The third kappa shape index (κ3) is 13.1. The Morgan fingerprint density at radius 2 is 1.42 bits per heavy atom. The Labute approximate surface area is 200 Å². The molecule has 1 aromatic heterocycles. The molecule has 0 saturated heterocycles. The minimum atomic E-state index is -0.508. The van der Waals surface area contributed by atoms with Gasteiger partial charge in [0, 0.05) is 18.2 Å². The molecule has 0 aliphatic heterocycles. The molecule has 0 aromatic carbocycles. The number of carbonyl (C=O) groups is 1. The molecule has 6 nitrogen and oxygen atoms in total. The number of unbranched alkanes of at least 4 members (excludes halogenated alkanes) is 12. The van der Waals surface area contributed by atoms with Crippen LogP contribution in [0.1, 0.15) is 123 Å². The molecule has 6 heteroatoms. The van der Waals surface area contributed by atoms with Crippen LogP contribution in [0.4, 0.5) is 0 Å². The summed E-state index contributed by atoms with van der Waals surface area (Å²) in [5.74, 6) is 5.55. The summed E-state index contributed by atoms with van der Waals surface area (Å²) in [4.78, 5) is 38.1. The second-order valence-corrected chi connectivity index (χ2v) is 9.91. The molecule has 0 unspecified atom stereocenters. The number of aromatic nitrogens is 2. The molecule has 0 bridgehead atoms. The van der Waals surface area contributed by atoms with E-state index in [1.54, 1.807) is 0 Å². The SMILES string of the molecule is CCCCCCCCCCCCCCCC(=O)NCC#Cc1cn(C(C)(C)C)c(=O)[nH]c1=O. The standard InChI is InChI=1S/C27H45N3O3/c1-5-6-7-8-9-10-11-12-13-14-15-16-17-20-24(31)28-21-18-19-23-22-30(27(2,3)4)26(33)29-25(23)32/h22H,5-17,20-21H2,1-4H3,(H,28,31)(H,29,32,33). The summed E-state index contributed by atoms with van der Waals surface area (Å²) in [6.07, 6.45) is 18.7. The molecule has 1 rings (SSSR count). The molecule has 1 amide bonds. The summed E-state index contributed by atoms with van der Waals surface area (Å²) in [7, 11) is 0. The Kier molecular flexibility index (Phi) is 14.2. The molecule has 0 atom stereocenters. The van der Waals surface area contributed by atoms with E-state index >= 15 is 0 Å². The topological polar surface area (TPSA) is 84.0 Å². The van der Waals surface area contributed by atoms with E-state index in [4.69, 9.17) is 0 Å². The van der Waals surface area contributed by atoms with Gasteiger partial charge in [-0.2, -0.15) is 0 Å². The van der Waals surface area contributed by atoms with Crippen molar-refractivity contribution >= 4 is 5.91 Å². The summed E-state index contributed by atoms with van der Waals surface area (Å²) < 4.78 is 1.45. The minimum Gasteiger partial charge on any atom is -0.345 e. The molecule has 0 aliphatic carbocycles. The lowest BCUT2D eigenvalue weighted by Crippen LogP contribution is -2.39. The van der Waals surface area contributed by atoms with Gasteiger partial charge in [0.2, 0.25) is 5.91 Å². The first-order valence-corrected chi connectivity index (χ1v) is 12.9. The lowest BCUT2D eigenvalue weighted by Gasteiger charge is -2.21. The van der Waals surface area contributed by atoms with Gasteiger partial charge in [0.05, 0.1) is 6.54 Å². The number of amides is 1. The highest BCUT2D eigenvalue weighted by Gasteiger charge is 2.16. The summed E-state index contributed by atoms with van der Waals surface area (Å²) in [5, 5.41) is 2.78. The smallest absolute Gasteiger partial charge is 0.328 e. The van der Waals surface area contributed by atoms with Gasteiger partial charge in [-0.15, -0.1) is 0 Å². The Morgan fingerprint density at radius 3 is 1.94 bits per heavy atom. The van der Waals surface area contributed by atoms with Crippen molar-refractivity contribution in [1.29, 1.82) is 0 Å². The van der Waals surface area contributed by atoms with Gasteiger partial charge in [-0.05, 0) is 27.2 Å². The molecule has 186 valence electrons. The van der Waals surface area contributed by atoms with Gasteiger partial charge in [0.1, 0.15) is 5.56 Å². The van der Waals surface area contributed by atoms with Crippen molar-refractivity contribution in [3.63, 3.8) is 0 Å². The van der Waals surface area contributed by atoms with E-state index in [0.29, 0.717) is 6.42 Å². The van der Waals surface area contributed by atoms with E-state index in [1.807, 2.05) is 20.8 Å². The van der Waals surface area contributed by atoms with Gasteiger partial charge in [0.15, 0.2) is 0 Å². The molecule has 1 heterocycles. The van der Waals surface area contributed by atoms with Crippen LogP contribution in [0, 0.1) is 11.8 Å². The van der Waals surface area contributed by atoms with Crippen LogP contribution in [0.5, 0.6) is 0 Å². The maximum atomic E-state index is 12.0. The zero-order valence-corrected chi connectivity index (χ0v) is 21.4. The molecular weight excluding hydrogens is 414 g/mol. The van der Waals surface area contributed by atoms with Gasteiger partial charge >= 0.3 is 5.69 Å². The molecular formula is C27H45N3O3. The molecule has 33 heavy (non-hydrogen) atoms. The predicted molar refractivity (Wildman–Crippen MR) is 137 cm³/mol. The van der Waals surface area contributed by atoms with E-state index in [2.05, 4.69) is 29.1 Å². The lowest BCUT2D eigenvalue weighted by atomic mass is 10.0. The quantitative estimate of drug-likeness (QED) is 0.278. The lowest BCUT2D eigenvalue weighted by molar-refractivity contribution is -0.120. The highest BCUT2D eigenvalue weighted by molar-refractivity contribution is 5.76. The van der Waals surface area contributed by atoms with Crippen molar-refractivity contribution in [3.8, 4) is 11.8 Å². The van der Waals surface area contributed by atoms with Crippen molar-refractivity contribution < 1.29 is 4.79 Å². The number of aromatic amines is 1. The molecule has 0 fully saturated rings. The Balaban J connectivity index is 2.14. The van der Waals surface area contributed by atoms with E-state index < -0.39 is 16.8 Å². The largest absolute Gasteiger partial charge is 0.345 e. The van der Waals surface area contributed by atoms with Gasteiger partial charge in [-0.1, -0.05) is 95.8 Å². The van der Waals surface area contributed by atoms with Gasteiger partial charge in [-0.3, -0.25) is 19.1 Å². The number of hydrogen-bond donors (Lipinski definition) is 2. The Morgan fingerprint density at radius 1 is 0.909 bits per heavy atom. The second-order valence-electron chi connectivity index (χ2n) is 9.91. The number of nitrogens with zero attached hydrogens (tertiary/aromatic N) is 1. The average molecular weight is 460 g/mol. The van der Waals surface area contributed by atoms with E-state index in [9.17, 15) is 14.4 Å². The first-order valence-electron chi connectivity index (χ1n) is 12.9. The molecule has 0 aliphatic rings. The fraction of sp³-hybridized carbons (Fsp3) is 0.741. The van der Waals surface area contributed by atoms with Crippen molar-refractivity contribution in [1.82, 2.24) is 14.9 Å². The maximum absolute atomic E-state index is 12.0. The predicted octanol–water partition coefficient (Wildman–Crippen LogP) is 5.24. The summed E-state index contributed by atoms with van der Waals surface area (Å²) >= 11 is 0. The van der Waals surface area contributed by atoms with Crippen LogP contribution < -0.4 is 16.6 Å². The van der Waals surface area contributed by atoms with Crippen LogP contribution in [-0.2, 0) is 10.3 Å². The molecule has 2 N–H and O–H groups in total.